The Kier molecular flexibility index (Phi) is 9.28. The largest absolute Gasteiger partial charge is 0.392 e. The molecule has 1 fully saturated rings. The summed E-state index contributed by atoms with van der Waals surface area (Å²) in [5.41, 5.74) is 1.00. The molecule has 3 rings (SSSR count). The number of hydrogen-bond acceptors (Lipinski definition) is 4. The van der Waals surface area contributed by atoms with Gasteiger partial charge in [-0.15, -0.1) is 0 Å². The van der Waals surface area contributed by atoms with Crippen LogP contribution in [-0.2, 0) is 4.79 Å². The number of hydrogen-bond donors (Lipinski definition) is 1. The van der Waals surface area contributed by atoms with Gasteiger partial charge in [0.1, 0.15) is 11.6 Å². The van der Waals surface area contributed by atoms with E-state index in [1.165, 1.54) is 0 Å². The molecule has 1 heterocycles. The summed E-state index contributed by atoms with van der Waals surface area (Å²) < 4.78 is 36.8. The number of halogens is 3. The minimum absolute atomic E-state index is 0.436. The van der Waals surface area contributed by atoms with E-state index in [9.17, 15) is 18.0 Å². The molecule has 0 spiro atoms. The third-order valence-electron chi connectivity index (χ3n) is 5.89. The van der Waals surface area contributed by atoms with E-state index in [1.807, 2.05) is 50.2 Å². The van der Waals surface area contributed by atoms with Crippen molar-refractivity contribution in [2.75, 3.05) is 25.5 Å². The smallest absolute Gasteiger partial charge is 0.362 e. The first-order valence-corrected chi connectivity index (χ1v) is 11.2. The molecule has 0 bridgehead atoms. The Morgan fingerprint density at radius 3 is 2.38 bits per heavy atom. The molecule has 1 N–H and O–H groups in total. The van der Waals surface area contributed by atoms with Gasteiger partial charge in [0.2, 0.25) is 5.91 Å². The van der Waals surface area contributed by atoms with Crippen molar-refractivity contribution in [3.05, 3.63) is 30.1 Å². The van der Waals surface area contributed by atoms with Gasteiger partial charge in [-0.1, -0.05) is 38.8 Å². The van der Waals surface area contributed by atoms with Crippen molar-refractivity contribution in [1.82, 2.24) is 15.3 Å². The van der Waals surface area contributed by atoms with Crippen LogP contribution in [0.3, 0.4) is 0 Å². The van der Waals surface area contributed by atoms with Gasteiger partial charge in [0.15, 0.2) is 0 Å². The molecule has 0 saturated heterocycles. The fraction of sp³-hybridized carbons (Fsp3) is 0.625. The topological polar surface area (TPSA) is 58.1 Å². The lowest BCUT2D eigenvalue weighted by Crippen LogP contribution is -2.34. The Balaban J connectivity index is 0.000000233. The number of anilines is 1. The average molecular weight is 453 g/mol. The zero-order valence-corrected chi connectivity index (χ0v) is 19.7. The van der Waals surface area contributed by atoms with Crippen molar-refractivity contribution in [2.24, 2.45) is 17.8 Å². The first-order chi connectivity index (χ1) is 15.0. The molecular weight excluding hydrogens is 417 g/mol. The third-order valence-corrected chi connectivity index (χ3v) is 5.89. The van der Waals surface area contributed by atoms with Crippen LogP contribution >= 0.6 is 0 Å². The lowest BCUT2D eigenvalue weighted by molar-refractivity contribution is -0.174. The van der Waals surface area contributed by atoms with Crippen LogP contribution in [0, 0.1) is 24.7 Å². The van der Waals surface area contributed by atoms with Gasteiger partial charge in [0, 0.05) is 32.4 Å². The standard InChI is InChI=1S/C13H22F3NO.C11H13N3/c1-9-3-5-11(6-4-9)8-17-12(18)7-10(2)13(14,15)16;1-8-12-10-7-5-4-6-9(10)11(13-8)14(2)3/h9-11H,3-8H2,1-2H3,(H,17,18);4-7H,1-3H3. The van der Waals surface area contributed by atoms with Crippen molar-refractivity contribution in [3.8, 4) is 0 Å². The van der Waals surface area contributed by atoms with Gasteiger partial charge in [-0.25, -0.2) is 9.97 Å². The van der Waals surface area contributed by atoms with Gasteiger partial charge in [-0.05, 0) is 43.7 Å². The lowest BCUT2D eigenvalue weighted by atomic mass is 9.83. The second-order valence-corrected chi connectivity index (χ2v) is 9.08. The number of carbonyl (C=O) groups excluding carboxylic acids is 1. The highest BCUT2D eigenvalue weighted by Gasteiger charge is 2.37. The maximum Gasteiger partial charge on any atom is 0.392 e. The fourth-order valence-electron chi connectivity index (χ4n) is 3.77. The first-order valence-electron chi connectivity index (χ1n) is 11.2. The molecule has 1 aliphatic carbocycles. The van der Waals surface area contributed by atoms with Gasteiger partial charge in [0.05, 0.1) is 11.4 Å². The zero-order valence-electron chi connectivity index (χ0n) is 19.7. The number of rotatable bonds is 5. The normalized spacial score (nSPS) is 19.6. The number of carbonyl (C=O) groups is 1. The minimum atomic E-state index is -4.28. The fourth-order valence-corrected chi connectivity index (χ4v) is 3.77. The van der Waals surface area contributed by atoms with E-state index in [2.05, 4.69) is 22.2 Å². The van der Waals surface area contributed by atoms with Crippen LogP contribution in [0.1, 0.15) is 51.8 Å². The van der Waals surface area contributed by atoms with Crippen LogP contribution in [0.25, 0.3) is 10.9 Å². The number of nitrogens with one attached hydrogen (secondary N) is 1. The number of amides is 1. The van der Waals surface area contributed by atoms with Gasteiger partial charge < -0.3 is 10.2 Å². The van der Waals surface area contributed by atoms with Crippen molar-refractivity contribution < 1.29 is 18.0 Å². The summed E-state index contributed by atoms with van der Waals surface area (Å²) in [6.07, 6.45) is -0.310. The van der Waals surface area contributed by atoms with Crippen LogP contribution in [0.2, 0.25) is 0 Å². The molecule has 1 saturated carbocycles. The number of aryl methyl sites for hydroxylation is 1. The average Bonchev–Trinajstić information content (AvgIpc) is 2.72. The highest BCUT2D eigenvalue weighted by Crippen LogP contribution is 2.29. The van der Waals surface area contributed by atoms with E-state index in [0.717, 1.165) is 61.1 Å². The summed E-state index contributed by atoms with van der Waals surface area (Å²) in [6.45, 7) is 5.69. The number of nitrogens with zero attached hydrogens (tertiary/aromatic N) is 3. The predicted octanol–water partition coefficient (Wildman–Crippen LogP) is 5.52. The van der Waals surface area contributed by atoms with Gasteiger partial charge in [-0.3, -0.25) is 4.79 Å². The van der Waals surface area contributed by atoms with Crippen molar-refractivity contribution in [1.29, 1.82) is 0 Å². The summed E-state index contributed by atoms with van der Waals surface area (Å²) in [5.74, 6) is 0.913. The van der Waals surface area contributed by atoms with Gasteiger partial charge in [-0.2, -0.15) is 13.2 Å². The Morgan fingerprint density at radius 2 is 1.78 bits per heavy atom. The highest BCUT2D eigenvalue weighted by atomic mass is 19.4. The summed E-state index contributed by atoms with van der Waals surface area (Å²) in [4.78, 5) is 22.2. The number of alkyl halides is 3. The van der Waals surface area contributed by atoms with Gasteiger partial charge in [0.25, 0.3) is 0 Å². The van der Waals surface area contributed by atoms with E-state index in [1.54, 1.807) is 0 Å². The molecule has 178 valence electrons. The molecule has 1 aliphatic rings. The summed E-state index contributed by atoms with van der Waals surface area (Å²) in [7, 11) is 3.99. The van der Waals surface area contributed by atoms with E-state index in [4.69, 9.17) is 0 Å². The molecule has 1 atom stereocenters. The maximum absolute atomic E-state index is 12.3. The molecule has 32 heavy (non-hydrogen) atoms. The Hall–Kier alpha value is -2.38. The maximum atomic E-state index is 12.3. The van der Waals surface area contributed by atoms with Crippen LogP contribution in [0.5, 0.6) is 0 Å². The number of para-hydroxylation sites is 1. The van der Waals surface area contributed by atoms with Crippen LogP contribution in [-0.4, -0.2) is 42.7 Å². The van der Waals surface area contributed by atoms with Crippen molar-refractivity contribution >= 4 is 22.6 Å². The Morgan fingerprint density at radius 1 is 1.16 bits per heavy atom. The third kappa shape index (κ3) is 7.95. The molecule has 0 radical (unpaired) electrons. The Labute approximate surface area is 188 Å². The SMILES string of the molecule is CC1CCC(CNC(=O)CC(C)C(F)(F)F)CC1.Cc1nc(N(C)C)c2ccccc2n1. The number of aromatic nitrogens is 2. The van der Waals surface area contributed by atoms with Crippen LogP contribution < -0.4 is 10.2 Å². The van der Waals surface area contributed by atoms with Crippen molar-refractivity contribution in [2.45, 2.75) is 59.1 Å². The quantitative estimate of drug-likeness (QED) is 0.649. The molecule has 1 aromatic heterocycles. The first kappa shape index (κ1) is 25.9. The molecular formula is C24H35F3N4O. The molecule has 0 aliphatic heterocycles. The van der Waals surface area contributed by atoms with Crippen molar-refractivity contribution in [3.63, 3.8) is 0 Å². The lowest BCUT2D eigenvalue weighted by Gasteiger charge is -2.26. The number of benzene rings is 1. The monoisotopic (exact) mass is 452 g/mol. The molecule has 5 nitrogen and oxygen atoms in total. The molecule has 1 aromatic carbocycles. The van der Waals surface area contributed by atoms with Crippen LogP contribution in [0.15, 0.2) is 24.3 Å². The van der Waals surface area contributed by atoms with E-state index in [-0.39, 0.29) is 0 Å². The van der Waals surface area contributed by atoms with E-state index < -0.39 is 24.4 Å². The minimum Gasteiger partial charge on any atom is -0.362 e. The highest BCUT2D eigenvalue weighted by molar-refractivity contribution is 5.89. The van der Waals surface area contributed by atoms with Gasteiger partial charge >= 0.3 is 6.18 Å². The molecule has 8 heteroatoms. The summed E-state index contributed by atoms with van der Waals surface area (Å²) in [5, 5.41) is 3.73. The van der Waals surface area contributed by atoms with E-state index >= 15 is 0 Å². The molecule has 2 aromatic rings. The Bertz CT molecular complexity index is 877. The van der Waals surface area contributed by atoms with E-state index in [0.29, 0.717) is 12.5 Å². The second-order valence-electron chi connectivity index (χ2n) is 9.08. The molecule has 1 unspecified atom stereocenters. The zero-order chi connectivity index (χ0) is 23.9. The second kappa shape index (κ2) is 11.5. The predicted molar refractivity (Wildman–Crippen MR) is 123 cm³/mol. The van der Waals surface area contributed by atoms with Crippen LogP contribution in [0.4, 0.5) is 19.0 Å². The summed E-state index contributed by atoms with van der Waals surface area (Å²) in [6, 6.07) is 8.06. The summed E-state index contributed by atoms with van der Waals surface area (Å²) >= 11 is 0. The molecule has 1 amide bonds. The number of fused-ring (bicyclic) bond motifs is 1.